The summed E-state index contributed by atoms with van der Waals surface area (Å²) in [7, 11) is 1.41. The Morgan fingerprint density at radius 1 is 1.43 bits per heavy atom. The zero-order valence-corrected chi connectivity index (χ0v) is 12.6. The summed E-state index contributed by atoms with van der Waals surface area (Å²) in [6.45, 7) is -0.0729. The van der Waals surface area contributed by atoms with Crippen molar-refractivity contribution in [3.05, 3.63) is 35.4 Å². The van der Waals surface area contributed by atoms with E-state index in [2.05, 4.69) is 20.3 Å². The van der Waals surface area contributed by atoms with Crippen LogP contribution in [0.5, 0.6) is 0 Å². The number of carbonyl (C=O) groups is 1. The van der Waals surface area contributed by atoms with Gasteiger partial charge in [0.25, 0.3) is 5.91 Å². The zero-order valence-electron chi connectivity index (χ0n) is 10.9. The van der Waals surface area contributed by atoms with Crippen LogP contribution < -0.4 is 5.32 Å². The highest BCUT2D eigenvalue weighted by Gasteiger charge is 2.10. The Hall–Kier alpha value is -1.58. The number of benzene rings is 1. The molecule has 0 aliphatic heterocycles. The number of ether oxygens (including phenoxy) is 1. The second kappa shape index (κ2) is 7.43. The molecule has 1 aromatic carbocycles. The maximum absolute atomic E-state index is 13.5. The van der Waals surface area contributed by atoms with Gasteiger partial charge in [-0.2, -0.15) is 0 Å². The van der Waals surface area contributed by atoms with Crippen molar-refractivity contribution in [1.82, 2.24) is 10.2 Å². The van der Waals surface area contributed by atoms with Gasteiger partial charge in [-0.05, 0) is 18.2 Å². The fourth-order valence-corrected chi connectivity index (χ4v) is 3.14. The third kappa shape index (κ3) is 4.73. The number of halogens is 2. The lowest BCUT2D eigenvalue weighted by atomic mass is 10.2. The molecule has 0 unspecified atom stereocenters. The molecule has 5 nitrogen and oxygen atoms in total. The van der Waals surface area contributed by atoms with Gasteiger partial charge >= 0.3 is 0 Å². The van der Waals surface area contributed by atoms with Crippen LogP contribution in [0.4, 0.5) is 13.9 Å². The Kier molecular flexibility index (Phi) is 5.59. The highest BCUT2D eigenvalue weighted by Crippen LogP contribution is 2.29. The summed E-state index contributed by atoms with van der Waals surface area (Å²) < 4.78 is 31.7. The monoisotopic (exact) mass is 331 g/mol. The highest BCUT2D eigenvalue weighted by molar-refractivity contribution is 8.00. The second-order valence-electron chi connectivity index (χ2n) is 3.88. The van der Waals surface area contributed by atoms with E-state index in [1.165, 1.54) is 18.9 Å². The summed E-state index contributed by atoms with van der Waals surface area (Å²) in [5.41, 5.74) is 0.250. The molecule has 0 fully saturated rings. The number of hydrogen-bond donors (Lipinski definition) is 1. The fourth-order valence-electron chi connectivity index (χ4n) is 1.40. The minimum absolute atomic E-state index is 0.0729. The van der Waals surface area contributed by atoms with E-state index in [1.54, 1.807) is 0 Å². The Labute approximate surface area is 127 Å². The van der Waals surface area contributed by atoms with Crippen molar-refractivity contribution in [2.45, 2.75) is 10.1 Å². The van der Waals surface area contributed by atoms with Gasteiger partial charge in [0.2, 0.25) is 5.13 Å². The van der Waals surface area contributed by atoms with Crippen molar-refractivity contribution in [1.29, 1.82) is 0 Å². The molecular weight excluding hydrogens is 320 g/mol. The molecule has 1 aromatic heterocycles. The van der Waals surface area contributed by atoms with Gasteiger partial charge in [-0.1, -0.05) is 23.1 Å². The number of amides is 1. The van der Waals surface area contributed by atoms with Crippen LogP contribution in [0.2, 0.25) is 0 Å². The van der Waals surface area contributed by atoms with Gasteiger partial charge in [-0.15, -0.1) is 10.2 Å². The molecule has 0 saturated carbocycles. The molecular formula is C12H11F2N3O2S2. The lowest BCUT2D eigenvalue weighted by Gasteiger charge is -2.01. The number of anilines is 1. The summed E-state index contributed by atoms with van der Waals surface area (Å²) in [5.74, 6) is -1.07. The first kappa shape index (κ1) is 15.8. The van der Waals surface area contributed by atoms with E-state index in [4.69, 9.17) is 0 Å². The third-order valence-corrected chi connectivity index (χ3v) is 4.31. The number of carbonyl (C=O) groups excluding carboxylic acids is 1. The van der Waals surface area contributed by atoms with E-state index >= 15 is 0 Å². The SMILES string of the molecule is COCC(=O)Nc1nnc(SCc2cc(F)ccc2F)s1. The standard InChI is InChI=1S/C12H11F2N3O2S2/c1-19-5-10(18)15-11-16-17-12(21-11)20-6-7-4-8(13)2-3-9(7)14/h2-4H,5-6H2,1H3,(H,15,16,18). The molecule has 1 heterocycles. The second-order valence-corrected chi connectivity index (χ2v) is 6.08. The largest absolute Gasteiger partial charge is 0.375 e. The van der Waals surface area contributed by atoms with Crippen LogP contribution in [0.25, 0.3) is 0 Å². The Bertz CT molecular complexity index is 637. The minimum Gasteiger partial charge on any atom is -0.375 e. The molecule has 112 valence electrons. The maximum atomic E-state index is 13.5. The van der Waals surface area contributed by atoms with E-state index in [1.807, 2.05) is 0 Å². The number of thioether (sulfide) groups is 1. The van der Waals surface area contributed by atoms with Crippen molar-refractivity contribution < 1.29 is 18.3 Å². The number of nitrogens with one attached hydrogen (secondary N) is 1. The van der Waals surface area contributed by atoms with Crippen LogP contribution >= 0.6 is 23.1 Å². The van der Waals surface area contributed by atoms with Crippen LogP contribution in [0.1, 0.15) is 5.56 Å². The average molecular weight is 331 g/mol. The average Bonchev–Trinajstić information content (AvgIpc) is 2.87. The van der Waals surface area contributed by atoms with Crippen LogP contribution in [0.3, 0.4) is 0 Å². The lowest BCUT2D eigenvalue weighted by molar-refractivity contribution is -0.119. The molecule has 0 saturated heterocycles. The predicted octanol–water partition coefficient (Wildman–Crippen LogP) is 2.69. The molecule has 9 heteroatoms. The zero-order chi connectivity index (χ0) is 15.2. The molecule has 2 rings (SSSR count). The molecule has 2 aromatic rings. The van der Waals surface area contributed by atoms with Crippen molar-refractivity contribution >= 4 is 34.1 Å². The smallest absolute Gasteiger partial charge is 0.252 e. The van der Waals surface area contributed by atoms with Crippen molar-refractivity contribution in [3.8, 4) is 0 Å². The van der Waals surface area contributed by atoms with Crippen LogP contribution in [-0.2, 0) is 15.3 Å². The summed E-state index contributed by atoms with van der Waals surface area (Å²) in [5, 5.41) is 10.5. The molecule has 0 radical (unpaired) electrons. The van der Waals surface area contributed by atoms with Crippen molar-refractivity contribution in [2.75, 3.05) is 19.0 Å². The Morgan fingerprint density at radius 2 is 2.24 bits per heavy atom. The first-order chi connectivity index (χ1) is 10.1. The van der Waals surface area contributed by atoms with Gasteiger partial charge in [-0.3, -0.25) is 10.1 Å². The summed E-state index contributed by atoms with van der Waals surface area (Å²) in [6.07, 6.45) is 0. The van der Waals surface area contributed by atoms with Crippen LogP contribution in [-0.4, -0.2) is 29.8 Å². The third-order valence-electron chi connectivity index (χ3n) is 2.29. The normalized spacial score (nSPS) is 10.6. The van der Waals surface area contributed by atoms with E-state index in [0.717, 1.165) is 29.5 Å². The molecule has 0 aliphatic rings. The summed E-state index contributed by atoms with van der Waals surface area (Å²) in [4.78, 5) is 11.3. The quantitative estimate of drug-likeness (QED) is 0.651. The molecule has 1 amide bonds. The van der Waals surface area contributed by atoms with Gasteiger partial charge in [0, 0.05) is 18.4 Å². The highest BCUT2D eigenvalue weighted by atomic mass is 32.2. The molecule has 0 bridgehead atoms. The van der Waals surface area contributed by atoms with Crippen molar-refractivity contribution in [3.63, 3.8) is 0 Å². The van der Waals surface area contributed by atoms with Crippen LogP contribution in [0, 0.1) is 11.6 Å². The Balaban J connectivity index is 1.93. The number of methoxy groups -OCH3 is 1. The van der Waals surface area contributed by atoms with E-state index in [9.17, 15) is 13.6 Å². The summed E-state index contributed by atoms with van der Waals surface area (Å²) >= 11 is 2.37. The molecule has 21 heavy (non-hydrogen) atoms. The van der Waals surface area contributed by atoms with Gasteiger partial charge in [0.1, 0.15) is 18.2 Å². The number of rotatable bonds is 6. The topological polar surface area (TPSA) is 64.1 Å². The van der Waals surface area contributed by atoms with Gasteiger partial charge in [-0.25, -0.2) is 8.78 Å². The number of nitrogens with zero attached hydrogens (tertiary/aromatic N) is 2. The van der Waals surface area contributed by atoms with Gasteiger partial charge in [0.15, 0.2) is 4.34 Å². The Morgan fingerprint density at radius 3 is 3.00 bits per heavy atom. The number of hydrogen-bond acceptors (Lipinski definition) is 6. The van der Waals surface area contributed by atoms with Crippen molar-refractivity contribution in [2.24, 2.45) is 0 Å². The molecule has 0 atom stereocenters. The van der Waals surface area contributed by atoms with Crippen LogP contribution in [0.15, 0.2) is 22.5 Å². The van der Waals surface area contributed by atoms with E-state index in [-0.39, 0.29) is 23.8 Å². The lowest BCUT2D eigenvalue weighted by Crippen LogP contribution is -2.16. The first-order valence-corrected chi connectivity index (χ1v) is 7.57. The molecule has 0 spiro atoms. The van der Waals surface area contributed by atoms with Gasteiger partial charge < -0.3 is 4.74 Å². The molecule has 0 aliphatic carbocycles. The maximum Gasteiger partial charge on any atom is 0.252 e. The van der Waals surface area contributed by atoms with Gasteiger partial charge in [0.05, 0.1) is 0 Å². The predicted molar refractivity (Wildman–Crippen MR) is 76.3 cm³/mol. The number of aromatic nitrogens is 2. The minimum atomic E-state index is -0.489. The van der Waals surface area contributed by atoms with E-state index in [0.29, 0.717) is 9.47 Å². The fraction of sp³-hybridized carbons (Fsp3) is 0.250. The summed E-state index contributed by atoms with van der Waals surface area (Å²) in [6, 6.07) is 3.30. The first-order valence-electron chi connectivity index (χ1n) is 5.77. The van der Waals surface area contributed by atoms with E-state index < -0.39 is 11.6 Å². The molecule has 1 N–H and O–H groups in total.